The summed E-state index contributed by atoms with van der Waals surface area (Å²) in [6, 6.07) is 11.3. The Morgan fingerprint density at radius 3 is 2.83 bits per heavy atom. The number of rotatable bonds is 5. The van der Waals surface area contributed by atoms with Gasteiger partial charge >= 0.3 is 0 Å². The van der Waals surface area contributed by atoms with Crippen LogP contribution in [0.3, 0.4) is 0 Å². The van der Waals surface area contributed by atoms with Gasteiger partial charge in [0.15, 0.2) is 0 Å². The van der Waals surface area contributed by atoms with Crippen LogP contribution >= 0.6 is 0 Å². The fraction of sp³-hybridized carbons (Fsp3) is 0.353. The lowest BCUT2D eigenvalue weighted by Gasteiger charge is -2.36. The second-order valence-electron chi connectivity index (χ2n) is 5.72. The molecule has 2 heterocycles. The predicted octanol–water partition coefficient (Wildman–Crippen LogP) is 2.18. The fourth-order valence-electron chi connectivity index (χ4n) is 2.97. The number of nitro benzene ring substituents is 1. The van der Waals surface area contributed by atoms with Gasteiger partial charge in [-0.15, -0.1) is 0 Å². The van der Waals surface area contributed by atoms with Crippen molar-refractivity contribution in [3.05, 3.63) is 70.0 Å². The molecule has 6 heteroatoms. The third-order valence-corrected chi connectivity index (χ3v) is 4.26. The molecule has 3 rings (SSSR count). The first-order chi connectivity index (χ1) is 11.2. The largest absolute Gasteiger partial charge is 0.314 e. The molecular formula is C17H20N4O2. The highest BCUT2D eigenvalue weighted by Crippen LogP contribution is 2.22. The first-order valence-electron chi connectivity index (χ1n) is 7.82. The van der Waals surface area contributed by atoms with E-state index in [1.54, 1.807) is 18.3 Å². The van der Waals surface area contributed by atoms with Crippen molar-refractivity contribution in [3.8, 4) is 0 Å². The molecule has 1 fully saturated rings. The number of nitro groups is 1. The molecule has 6 nitrogen and oxygen atoms in total. The summed E-state index contributed by atoms with van der Waals surface area (Å²) in [5.74, 6) is 0. The van der Waals surface area contributed by atoms with Crippen LogP contribution in [0.15, 0.2) is 48.8 Å². The molecule has 0 saturated carbocycles. The monoisotopic (exact) mass is 312 g/mol. The quantitative estimate of drug-likeness (QED) is 0.677. The lowest BCUT2D eigenvalue weighted by atomic mass is 10.0. The number of nitrogens with zero attached hydrogens (tertiary/aromatic N) is 3. The molecule has 2 aromatic rings. The normalized spacial score (nSPS) is 18.7. The maximum Gasteiger partial charge on any atom is 0.269 e. The SMILES string of the molecule is O=[N+]([O-])c1ccc(CCN2CCNCC2c2cccnc2)cc1. The van der Waals surface area contributed by atoms with Crippen molar-refractivity contribution in [1.82, 2.24) is 15.2 Å². The summed E-state index contributed by atoms with van der Waals surface area (Å²) in [5, 5.41) is 14.1. The number of aromatic nitrogens is 1. The Morgan fingerprint density at radius 2 is 2.13 bits per heavy atom. The van der Waals surface area contributed by atoms with Gasteiger partial charge in [0.1, 0.15) is 0 Å². The topological polar surface area (TPSA) is 71.3 Å². The summed E-state index contributed by atoms with van der Waals surface area (Å²) in [4.78, 5) is 17.0. The van der Waals surface area contributed by atoms with E-state index in [4.69, 9.17) is 0 Å². The van der Waals surface area contributed by atoms with Gasteiger partial charge in [0.05, 0.1) is 4.92 Å². The lowest BCUT2D eigenvalue weighted by Crippen LogP contribution is -2.46. The van der Waals surface area contributed by atoms with E-state index in [9.17, 15) is 10.1 Å². The minimum Gasteiger partial charge on any atom is -0.314 e. The second-order valence-corrected chi connectivity index (χ2v) is 5.72. The third kappa shape index (κ3) is 3.91. The number of non-ortho nitro benzene ring substituents is 1. The van der Waals surface area contributed by atoms with Gasteiger partial charge in [-0.05, 0) is 23.6 Å². The lowest BCUT2D eigenvalue weighted by molar-refractivity contribution is -0.384. The number of pyridine rings is 1. The fourth-order valence-corrected chi connectivity index (χ4v) is 2.97. The van der Waals surface area contributed by atoms with Crippen molar-refractivity contribution in [2.75, 3.05) is 26.2 Å². The van der Waals surface area contributed by atoms with E-state index in [2.05, 4.69) is 21.3 Å². The molecule has 1 unspecified atom stereocenters. The molecule has 1 aliphatic heterocycles. The molecule has 23 heavy (non-hydrogen) atoms. The highest BCUT2D eigenvalue weighted by Gasteiger charge is 2.23. The zero-order chi connectivity index (χ0) is 16.1. The van der Waals surface area contributed by atoms with Crippen LogP contribution in [-0.2, 0) is 6.42 Å². The number of hydrogen-bond donors (Lipinski definition) is 1. The van der Waals surface area contributed by atoms with Crippen LogP contribution in [0.4, 0.5) is 5.69 Å². The van der Waals surface area contributed by atoms with Crippen LogP contribution in [0.2, 0.25) is 0 Å². The van der Waals surface area contributed by atoms with E-state index in [1.165, 1.54) is 5.56 Å². The zero-order valence-corrected chi connectivity index (χ0v) is 12.9. The summed E-state index contributed by atoms with van der Waals surface area (Å²) in [6.45, 7) is 3.83. The summed E-state index contributed by atoms with van der Waals surface area (Å²) >= 11 is 0. The maximum atomic E-state index is 10.7. The Labute approximate surface area is 135 Å². The van der Waals surface area contributed by atoms with Crippen molar-refractivity contribution in [2.45, 2.75) is 12.5 Å². The van der Waals surface area contributed by atoms with E-state index >= 15 is 0 Å². The highest BCUT2D eigenvalue weighted by atomic mass is 16.6. The predicted molar refractivity (Wildman–Crippen MR) is 88.2 cm³/mol. The van der Waals surface area contributed by atoms with Gasteiger partial charge in [0, 0.05) is 56.7 Å². The molecule has 0 bridgehead atoms. The van der Waals surface area contributed by atoms with E-state index in [1.807, 2.05) is 24.4 Å². The van der Waals surface area contributed by atoms with E-state index in [0.717, 1.165) is 38.2 Å². The minimum atomic E-state index is -0.363. The highest BCUT2D eigenvalue weighted by molar-refractivity contribution is 5.33. The van der Waals surface area contributed by atoms with Crippen LogP contribution in [-0.4, -0.2) is 41.0 Å². The van der Waals surface area contributed by atoms with Crippen molar-refractivity contribution in [1.29, 1.82) is 0 Å². The van der Waals surface area contributed by atoms with Gasteiger partial charge in [-0.1, -0.05) is 18.2 Å². The average molecular weight is 312 g/mol. The van der Waals surface area contributed by atoms with Crippen LogP contribution < -0.4 is 5.32 Å². The molecule has 1 aromatic heterocycles. The van der Waals surface area contributed by atoms with Crippen molar-refractivity contribution in [3.63, 3.8) is 0 Å². The molecule has 1 aliphatic rings. The number of nitrogens with one attached hydrogen (secondary N) is 1. The molecule has 120 valence electrons. The molecule has 0 aliphatic carbocycles. The number of piperazine rings is 1. The van der Waals surface area contributed by atoms with Gasteiger partial charge in [-0.3, -0.25) is 20.0 Å². The zero-order valence-electron chi connectivity index (χ0n) is 12.9. The Hall–Kier alpha value is -2.31. The van der Waals surface area contributed by atoms with Crippen LogP contribution in [0.25, 0.3) is 0 Å². The van der Waals surface area contributed by atoms with Gasteiger partial charge < -0.3 is 5.32 Å². The Balaban J connectivity index is 1.64. The Morgan fingerprint density at radius 1 is 1.30 bits per heavy atom. The number of benzene rings is 1. The van der Waals surface area contributed by atoms with Crippen LogP contribution in [0.5, 0.6) is 0 Å². The average Bonchev–Trinajstić information content (AvgIpc) is 2.61. The molecule has 1 atom stereocenters. The third-order valence-electron chi connectivity index (χ3n) is 4.26. The standard InChI is InChI=1S/C17H20N4O2/c22-21(23)16-5-3-14(4-6-16)7-10-20-11-9-19-13-17(20)15-2-1-8-18-12-15/h1-6,8,12,17,19H,7,9-11,13H2. The molecule has 0 radical (unpaired) electrons. The number of hydrogen-bond acceptors (Lipinski definition) is 5. The van der Waals surface area contributed by atoms with E-state index in [-0.39, 0.29) is 10.6 Å². The smallest absolute Gasteiger partial charge is 0.269 e. The molecule has 1 saturated heterocycles. The molecular weight excluding hydrogens is 292 g/mol. The summed E-state index contributed by atoms with van der Waals surface area (Å²) in [6.07, 6.45) is 4.60. The Bertz CT molecular complexity index is 645. The summed E-state index contributed by atoms with van der Waals surface area (Å²) in [7, 11) is 0. The van der Waals surface area contributed by atoms with Crippen LogP contribution in [0, 0.1) is 10.1 Å². The van der Waals surface area contributed by atoms with Gasteiger partial charge in [-0.2, -0.15) is 0 Å². The van der Waals surface area contributed by atoms with E-state index in [0.29, 0.717) is 6.04 Å². The van der Waals surface area contributed by atoms with Gasteiger partial charge in [-0.25, -0.2) is 0 Å². The maximum absolute atomic E-state index is 10.7. The van der Waals surface area contributed by atoms with Crippen molar-refractivity contribution in [2.24, 2.45) is 0 Å². The van der Waals surface area contributed by atoms with E-state index < -0.39 is 0 Å². The van der Waals surface area contributed by atoms with Crippen molar-refractivity contribution < 1.29 is 4.92 Å². The molecule has 0 spiro atoms. The second kappa shape index (κ2) is 7.30. The first kappa shape index (κ1) is 15.6. The molecule has 1 N–H and O–H groups in total. The first-order valence-corrected chi connectivity index (χ1v) is 7.82. The molecule has 0 amide bonds. The summed E-state index contributed by atoms with van der Waals surface area (Å²) < 4.78 is 0. The van der Waals surface area contributed by atoms with Gasteiger partial charge in [0.2, 0.25) is 0 Å². The summed E-state index contributed by atoms with van der Waals surface area (Å²) in [5.41, 5.74) is 2.49. The van der Waals surface area contributed by atoms with Crippen molar-refractivity contribution >= 4 is 5.69 Å². The minimum absolute atomic E-state index is 0.143. The van der Waals surface area contributed by atoms with Crippen LogP contribution in [0.1, 0.15) is 17.2 Å². The Kier molecular flexibility index (Phi) is 4.95. The van der Waals surface area contributed by atoms with Gasteiger partial charge in [0.25, 0.3) is 5.69 Å². The molecule has 1 aromatic carbocycles.